The number of amides is 4. The fourth-order valence-electron chi connectivity index (χ4n) is 2.65. The van der Waals surface area contributed by atoms with E-state index in [2.05, 4.69) is 0 Å². The molecule has 0 bridgehead atoms. The van der Waals surface area contributed by atoms with Crippen LogP contribution in [0, 0.1) is 11.3 Å². The van der Waals surface area contributed by atoms with Gasteiger partial charge in [0.1, 0.15) is 23.2 Å². The Morgan fingerprint density at radius 2 is 1.69 bits per heavy atom. The van der Waals surface area contributed by atoms with Crippen molar-refractivity contribution < 1.29 is 28.3 Å². The zero-order chi connectivity index (χ0) is 21.1. The largest absolute Gasteiger partial charge is 0.457 e. The maximum Gasteiger partial charge on any atom is 0.339 e. The minimum Gasteiger partial charge on any atom is -0.457 e. The van der Waals surface area contributed by atoms with E-state index >= 15 is 0 Å². The van der Waals surface area contributed by atoms with E-state index < -0.39 is 23.8 Å². The summed E-state index contributed by atoms with van der Waals surface area (Å²) in [5, 5.41) is 8.44. The molecule has 1 aliphatic heterocycles. The van der Waals surface area contributed by atoms with Gasteiger partial charge in [0.05, 0.1) is 5.56 Å². The van der Waals surface area contributed by atoms with Crippen LogP contribution >= 0.6 is 0 Å². The molecule has 2 heterocycles. The van der Waals surface area contributed by atoms with Crippen molar-refractivity contribution in [3.63, 3.8) is 0 Å². The number of benzene rings is 1. The maximum absolute atomic E-state index is 12.2. The Morgan fingerprint density at radius 1 is 1.07 bits per heavy atom. The summed E-state index contributed by atoms with van der Waals surface area (Å²) >= 11 is 0. The standard InChI is InChI=1S/C20H15N3O6/c1-22-17(24)15(18(25)23(2)20(22)27)11-14-7-8-16(29-14)12-3-5-13(6-4-12)19(26)28-10-9-21/h3-8,11H,10H2,1-2H3. The number of likely N-dealkylation sites (N-methyl/N-ethyl adjacent to an activating group) is 2. The van der Waals surface area contributed by atoms with Gasteiger partial charge in [0, 0.05) is 19.7 Å². The summed E-state index contributed by atoms with van der Waals surface area (Å²) in [6.45, 7) is -0.329. The molecule has 29 heavy (non-hydrogen) atoms. The molecule has 0 N–H and O–H groups in total. The van der Waals surface area contributed by atoms with Crippen LogP contribution in [0.15, 0.2) is 46.4 Å². The Labute approximate surface area is 165 Å². The molecule has 0 aliphatic carbocycles. The van der Waals surface area contributed by atoms with Crippen molar-refractivity contribution in [3.05, 3.63) is 53.3 Å². The first-order valence-corrected chi connectivity index (χ1v) is 8.39. The van der Waals surface area contributed by atoms with E-state index in [1.807, 2.05) is 0 Å². The van der Waals surface area contributed by atoms with E-state index in [4.69, 9.17) is 14.4 Å². The molecule has 0 radical (unpaired) electrons. The number of ether oxygens (including phenoxy) is 1. The van der Waals surface area contributed by atoms with Gasteiger partial charge in [-0.05, 0) is 30.3 Å². The van der Waals surface area contributed by atoms with Crippen molar-refractivity contribution in [2.24, 2.45) is 0 Å². The number of esters is 1. The number of furan rings is 1. The monoisotopic (exact) mass is 393 g/mol. The molecular weight excluding hydrogens is 378 g/mol. The summed E-state index contributed by atoms with van der Waals surface area (Å²) in [5.41, 5.74) is 0.746. The first kappa shape index (κ1) is 19.6. The third-order valence-corrected chi connectivity index (χ3v) is 4.23. The number of carbonyl (C=O) groups is 4. The predicted octanol–water partition coefficient (Wildman–Crippen LogP) is 2.06. The first-order chi connectivity index (χ1) is 13.8. The summed E-state index contributed by atoms with van der Waals surface area (Å²) in [6, 6.07) is 10.6. The third-order valence-electron chi connectivity index (χ3n) is 4.23. The van der Waals surface area contributed by atoms with Crippen LogP contribution in [-0.2, 0) is 14.3 Å². The third kappa shape index (κ3) is 3.77. The molecule has 0 unspecified atom stereocenters. The van der Waals surface area contributed by atoms with Crippen molar-refractivity contribution in [1.82, 2.24) is 9.80 Å². The molecule has 9 nitrogen and oxygen atoms in total. The topological polar surface area (TPSA) is 121 Å². The number of barbiturate groups is 1. The average Bonchev–Trinajstić information content (AvgIpc) is 3.21. The van der Waals surface area contributed by atoms with Crippen molar-refractivity contribution >= 4 is 29.9 Å². The van der Waals surface area contributed by atoms with Crippen LogP contribution < -0.4 is 0 Å². The lowest BCUT2D eigenvalue weighted by Gasteiger charge is -2.28. The van der Waals surface area contributed by atoms with Gasteiger partial charge in [-0.15, -0.1) is 0 Å². The van der Waals surface area contributed by atoms with E-state index in [1.54, 1.807) is 30.3 Å². The maximum atomic E-state index is 12.2. The van der Waals surface area contributed by atoms with Gasteiger partial charge in [0.25, 0.3) is 11.8 Å². The molecule has 146 valence electrons. The van der Waals surface area contributed by atoms with E-state index in [0.717, 1.165) is 9.80 Å². The highest BCUT2D eigenvalue weighted by molar-refractivity contribution is 6.30. The lowest BCUT2D eigenvalue weighted by atomic mass is 10.1. The number of rotatable bonds is 4. The quantitative estimate of drug-likeness (QED) is 0.443. The molecule has 0 saturated carbocycles. The Balaban J connectivity index is 1.82. The molecular formula is C20H15N3O6. The van der Waals surface area contributed by atoms with E-state index in [9.17, 15) is 19.2 Å². The zero-order valence-electron chi connectivity index (χ0n) is 15.5. The Kier molecular flexibility index (Phi) is 5.27. The molecule has 1 aromatic heterocycles. The fraction of sp³-hybridized carbons (Fsp3) is 0.150. The molecule has 0 spiro atoms. The predicted molar refractivity (Wildman–Crippen MR) is 99.0 cm³/mol. The van der Waals surface area contributed by atoms with Crippen molar-refractivity contribution in [3.8, 4) is 17.4 Å². The van der Waals surface area contributed by atoms with Crippen molar-refractivity contribution in [2.45, 2.75) is 0 Å². The van der Waals surface area contributed by atoms with Gasteiger partial charge in [0.15, 0.2) is 6.61 Å². The second-order valence-corrected chi connectivity index (χ2v) is 6.08. The first-order valence-electron chi connectivity index (χ1n) is 8.39. The highest BCUT2D eigenvalue weighted by atomic mass is 16.5. The molecule has 1 aliphatic rings. The van der Waals surface area contributed by atoms with Crippen LogP contribution in [0.4, 0.5) is 4.79 Å². The summed E-state index contributed by atoms with van der Waals surface area (Å²) in [4.78, 5) is 49.7. The normalized spacial score (nSPS) is 14.1. The van der Waals surface area contributed by atoms with Gasteiger partial charge in [-0.3, -0.25) is 19.4 Å². The molecule has 1 aromatic carbocycles. The number of imide groups is 2. The Bertz CT molecular complexity index is 1050. The van der Waals surface area contributed by atoms with Crippen LogP contribution in [0.3, 0.4) is 0 Å². The summed E-state index contributed by atoms with van der Waals surface area (Å²) < 4.78 is 10.4. The van der Waals surface area contributed by atoms with Gasteiger partial charge < -0.3 is 9.15 Å². The van der Waals surface area contributed by atoms with Gasteiger partial charge in [-0.25, -0.2) is 9.59 Å². The van der Waals surface area contributed by atoms with Gasteiger partial charge in [0.2, 0.25) is 0 Å². The highest BCUT2D eigenvalue weighted by Crippen LogP contribution is 2.25. The second-order valence-electron chi connectivity index (χ2n) is 6.08. The summed E-state index contributed by atoms with van der Waals surface area (Å²) in [6.07, 6.45) is 1.28. The van der Waals surface area contributed by atoms with Gasteiger partial charge >= 0.3 is 12.0 Å². The molecule has 1 fully saturated rings. The van der Waals surface area contributed by atoms with Crippen LogP contribution in [-0.4, -0.2) is 54.3 Å². The SMILES string of the molecule is CN1C(=O)C(=Cc2ccc(-c3ccc(C(=O)OCC#N)cc3)o2)C(=O)N(C)C1=O. The molecule has 1 saturated heterocycles. The van der Waals surface area contributed by atoms with Gasteiger partial charge in [-0.2, -0.15) is 5.26 Å². The number of nitriles is 1. The minimum atomic E-state index is -0.712. The Hall–Kier alpha value is -4.19. The summed E-state index contributed by atoms with van der Waals surface area (Å²) in [5.74, 6) is -1.33. The zero-order valence-corrected chi connectivity index (χ0v) is 15.5. The molecule has 9 heteroatoms. The van der Waals surface area contributed by atoms with Gasteiger partial charge in [-0.1, -0.05) is 12.1 Å². The number of nitrogens with zero attached hydrogens (tertiary/aromatic N) is 3. The van der Waals surface area contributed by atoms with Crippen LogP contribution in [0.2, 0.25) is 0 Å². The molecule has 3 rings (SSSR count). The average molecular weight is 393 g/mol. The van der Waals surface area contributed by atoms with Crippen LogP contribution in [0.25, 0.3) is 17.4 Å². The lowest BCUT2D eigenvalue weighted by molar-refractivity contribution is -0.134. The highest BCUT2D eigenvalue weighted by Gasteiger charge is 2.38. The second kappa shape index (κ2) is 7.82. The van der Waals surface area contributed by atoms with Crippen LogP contribution in [0.5, 0.6) is 0 Å². The number of urea groups is 1. The van der Waals surface area contributed by atoms with Crippen molar-refractivity contribution in [2.75, 3.05) is 20.7 Å². The number of hydrogen-bond donors (Lipinski definition) is 0. The number of carbonyl (C=O) groups excluding carboxylic acids is 4. The lowest BCUT2D eigenvalue weighted by Crippen LogP contribution is -2.52. The van der Waals surface area contributed by atoms with Crippen LogP contribution in [0.1, 0.15) is 16.1 Å². The van der Waals surface area contributed by atoms with E-state index in [-0.39, 0.29) is 23.5 Å². The molecule has 2 aromatic rings. The Morgan fingerprint density at radius 3 is 2.28 bits per heavy atom. The minimum absolute atomic E-state index is 0.189. The fourth-order valence-corrected chi connectivity index (χ4v) is 2.65. The van der Waals surface area contributed by atoms with E-state index in [0.29, 0.717) is 11.3 Å². The molecule has 4 amide bonds. The summed E-state index contributed by atoms with van der Waals surface area (Å²) in [7, 11) is 2.58. The number of hydrogen-bond acceptors (Lipinski definition) is 7. The molecule has 0 atom stereocenters. The van der Waals surface area contributed by atoms with Crippen molar-refractivity contribution in [1.29, 1.82) is 5.26 Å². The van der Waals surface area contributed by atoms with E-state index in [1.165, 1.54) is 32.3 Å². The smallest absolute Gasteiger partial charge is 0.339 e.